The molecule has 1 atom stereocenters. The monoisotopic (exact) mass is 725 g/mol. The smallest absolute Gasteiger partial charge is 0.306 e. The molecule has 0 saturated heterocycles. The van der Waals surface area contributed by atoms with Gasteiger partial charge in [-0.05, 0) is 60.2 Å². The van der Waals surface area contributed by atoms with Gasteiger partial charge >= 0.3 is 23.9 Å². The highest BCUT2D eigenvalue weighted by Crippen LogP contribution is 2.47. The minimum Gasteiger partial charge on any atom is -0.481 e. The number of rotatable bonds is 32. The van der Waals surface area contributed by atoms with Crippen molar-refractivity contribution in [1.82, 2.24) is 0 Å². The van der Waals surface area contributed by atoms with Gasteiger partial charge in [-0.15, -0.1) is 0 Å². The normalized spacial score (nSPS) is 13.1. The minimum atomic E-state index is -1.10. The Hall–Kier alpha value is -2.12. The van der Waals surface area contributed by atoms with E-state index in [0.717, 1.165) is 70.6 Å². The lowest BCUT2D eigenvalue weighted by atomic mass is 9.65. The number of carbonyl (C=O) groups is 4. The van der Waals surface area contributed by atoms with E-state index in [1.165, 1.54) is 38.5 Å². The molecule has 0 aliphatic rings. The first-order chi connectivity index (χ1) is 24.1. The van der Waals surface area contributed by atoms with E-state index in [1.807, 2.05) is 0 Å². The molecular weight excluding hydrogens is 644 g/mol. The maximum Gasteiger partial charge on any atom is 0.306 e. The van der Waals surface area contributed by atoms with Crippen LogP contribution in [0.15, 0.2) is 0 Å². The predicted molar refractivity (Wildman–Crippen MR) is 207 cm³/mol. The molecule has 1 N–H and O–H groups in total. The SMILES string of the molecule is CCC(C)(CC)CC(CC)(CC)CCCCCC(=O)OCC(COC(=O)CCC(=O)O)OC(=O)CCCCCC(CC)(CC)CC(C)(CC)CC. The first-order valence-corrected chi connectivity index (χ1v) is 20.8. The summed E-state index contributed by atoms with van der Waals surface area (Å²) >= 11 is 0. The number of carboxylic acid groups (broad SMARTS) is 1. The molecule has 0 heterocycles. The van der Waals surface area contributed by atoms with Crippen molar-refractivity contribution in [3.63, 3.8) is 0 Å². The fourth-order valence-electron chi connectivity index (χ4n) is 7.67. The average Bonchev–Trinajstić information content (AvgIpc) is 3.13. The highest BCUT2D eigenvalue weighted by molar-refractivity contribution is 5.76. The number of ether oxygens (including phenoxy) is 3. The first kappa shape index (κ1) is 48.9. The topological polar surface area (TPSA) is 116 Å². The van der Waals surface area contributed by atoms with Crippen molar-refractivity contribution in [2.75, 3.05) is 13.2 Å². The summed E-state index contributed by atoms with van der Waals surface area (Å²) in [5.41, 5.74) is 1.37. The maximum absolute atomic E-state index is 12.8. The van der Waals surface area contributed by atoms with Gasteiger partial charge in [-0.3, -0.25) is 19.2 Å². The van der Waals surface area contributed by atoms with E-state index in [-0.39, 0.29) is 44.9 Å². The lowest BCUT2D eigenvalue weighted by Gasteiger charge is -2.41. The molecule has 0 spiro atoms. The van der Waals surface area contributed by atoms with Crippen LogP contribution in [-0.2, 0) is 33.4 Å². The summed E-state index contributed by atoms with van der Waals surface area (Å²) < 4.78 is 16.3. The van der Waals surface area contributed by atoms with Crippen molar-refractivity contribution in [1.29, 1.82) is 0 Å². The van der Waals surface area contributed by atoms with E-state index in [2.05, 4.69) is 69.2 Å². The highest BCUT2D eigenvalue weighted by Gasteiger charge is 2.35. The van der Waals surface area contributed by atoms with E-state index in [4.69, 9.17) is 19.3 Å². The molecule has 0 amide bonds. The fraction of sp³-hybridized carbons (Fsp3) is 0.907. The molecular formula is C43H80O8. The number of hydrogen-bond donors (Lipinski definition) is 1. The van der Waals surface area contributed by atoms with E-state index < -0.39 is 24.0 Å². The number of unbranched alkanes of at least 4 members (excludes halogenated alkanes) is 4. The lowest BCUT2D eigenvalue weighted by Crippen LogP contribution is -2.31. The van der Waals surface area contributed by atoms with Gasteiger partial charge < -0.3 is 19.3 Å². The third-order valence-electron chi connectivity index (χ3n) is 12.9. The van der Waals surface area contributed by atoms with Gasteiger partial charge in [-0.1, -0.05) is 146 Å². The van der Waals surface area contributed by atoms with Crippen molar-refractivity contribution in [2.45, 2.75) is 217 Å². The van der Waals surface area contributed by atoms with Crippen LogP contribution < -0.4 is 0 Å². The summed E-state index contributed by atoms with van der Waals surface area (Å²) in [6.07, 6.45) is 18.5. The van der Waals surface area contributed by atoms with Gasteiger partial charge in [0.2, 0.25) is 0 Å². The Kier molecular flexibility index (Phi) is 24.7. The van der Waals surface area contributed by atoms with Gasteiger partial charge in [0.1, 0.15) is 13.2 Å². The summed E-state index contributed by atoms with van der Waals surface area (Å²) in [5.74, 6) is -2.58. The number of aliphatic carboxylic acids is 1. The third kappa shape index (κ3) is 20.1. The number of carboxylic acids is 1. The summed E-state index contributed by atoms with van der Waals surface area (Å²) in [4.78, 5) is 48.4. The standard InChI is InChI=1S/C43H80O8/c1-11-40(9,12-2)33-42(15-5,16-6)29-23-19-21-25-37(46)49-31-35(32-50-38(47)28-27-36(44)45)51-39(48)26-22-20-24-30-43(17-7,18-8)34-41(10,13-3)14-4/h35H,11-34H2,1-10H3,(H,44,45). The van der Waals surface area contributed by atoms with Crippen LogP contribution in [0.3, 0.4) is 0 Å². The second-order valence-electron chi connectivity index (χ2n) is 16.3. The van der Waals surface area contributed by atoms with E-state index >= 15 is 0 Å². The first-order valence-electron chi connectivity index (χ1n) is 20.8. The van der Waals surface area contributed by atoms with Gasteiger partial charge in [0, 0.05) is 12.8 Å². The zero-order chi connectivity index (χ0) is 39.0. The Morgan fingerprint density at radius 3 is 1.22 bits per heavy atom. The van der Waals surface area contributed by atoms with E-state index in [1.54, 1.807) is 0 Å². The molecule has 0 bridgehead atoms. The van der Waals surface area contributed by atoms with Gasteiger partial charge in [-0.2, -0.15) is 0 Å². The fourth-order valence-corrected chi connectivity index (χ4v) is 7.67. The van der Waals surface area contributed by atoms with Crippen molar-refractivity contribution in [3.8, 4) is 0 Å². The lowest BCUT2D eigenvalue weighted by molar-refractivity contribution is -0.167. The van der Waals surface area contributed by atoms with E-state index in [0.29, 0.717) is 28.1 Å². The van der Waals surface area contributed by atoms with Crippen LogP contribution in [0.25, 0.3) is 0 Å². The van der Waals surface area contributed by atoms with Crippen LogP contribution in [0.5, 0.6) is 0 Å². The Morgan fingerprint density at radius 1 is 0.490 bits per heavy atom. The minimum absolute atomic E-state index is 0.207. The van der Waals surface area contributed by atoms with Gasteiger partial charge in [0.15, 0.2) is 6.10 Å². The van der Waals surface area contributed by atoms with Crippen LogP contribution in [0.1, 0.15) is 210 Å². The molecule has 0 fully saturated rings. The highest BCUT2D eigenvalue weighted by atomic mass is 16.6. The Bertz CT molecular complexity index is 972. The van der Waals surface area contributed by atoms with Crippen molar-refractivity contribution in [3.05, 3.63) is 0 Å². The molecule has 8 heteroatoms. The summed E-state index contributed by atoms with van der Waals surface area (Å²) in [7, 11) is 0. The molecule has 0 aliphatic heterocycles. The maximum atomic E-state index is 12.8. The van der Waals surface area contributed by atoms with Crippen molar-refractivity contribution >= 4 is 23.9 Å². The largest absolute Gasteiger partial charge is 0.481 e. The molecule has 0 rings (SSSR count). The molecule has 0 radical (unpaired) electrons. The number of carbonyl (C=O) groups excluding carboxylic acids is 3. The Balaban J connectivity index is 4.99. The molecule has 1 unspecified atom stereocenters. The molecule has 0 aliphatic carbocycles. The van der Waals surface area contributed by atoms with Crippen LogP contribution in [0.2, 0.25) is 0 Å². The molecule has 51 heavy (non-hydrogen) atoms. The summed E-state index contributed by atoms with van der Waals surface area (Å²) in [6.45, 7) is 22.7. The van der Waals surface area contributed by atoms with Crippen LogP contribution in [0, 0.1) is 21.7 Å². The predicted octanol–water partition coefficient (Wildman–Crippen LogP) is 11.8. The summed E-state index contributed by atoms with van der Waals surface area (Å²) in [5, 5.41) is 8.87. The third-order valence-corrected chi connectivity index (χ3v) is 12.9. The molecule has 8 nitrogen and oxygen atoms in total. The zero-order valence-electron chi connectivity index (χ0n) is 34.9. The average molecular weight is 725 g/mol. The molecule has 0 saturated carbocycles. The summed E-state index contributed by atoms with van der Waals surface area (Å²) in [6, 6.07) is 0. The van der Waals surface area contributed by atoms with E-state index in [9.17, 15) is 19.2 Å². The molecule has 300 valence electrons. The quantitative estimate of drug-likeness (QED) is 0.0414. The van der Waals surface area contributed by atoms with Crippen molar-refractivity contribution < 1.29 is 38.5 Å². The van der Waals surface area contributed by atoms with Crippen LogP contribution >= 0.6 is 0 Å². The van der Waals surface area contributed by atoms with Crippen LogP contribution in [-0.4, -0.2) is 48.3 Å². The number of esters is 3. The van der Waals surface area contributed by atoms with Crippen molar-refractivity contribution in [2.24, 2.45) is 21.7 Å². The second kappa shape index (κ2) is 25.8. The van der Waals surface area contributed by atoms with Gasteiger partial charge in [0.25, 0.3) is 0 Å². The molecule has 0 aromatic rings. The Morgan fingerprint density at radius 2 is 0.863 bits per heavy atom. The molecule has 0 aromatic carbocycles. The Labute approximate surface area is 313 Å². The second-order valence-corrected chi connectivity index (χ2v) is 16.3. The van der Waals surface area contributed by atoms with Gasteiger partial charge in [0.05, 0.1) is 12.8 Å². The molecule has 0 aromatic heterocycles. The van der Waals surface area contributed by atoms with Gasteiger partial charge in [-0.25, -0.2) is 0 Å². The van der Waals surface area contributed by atoms with Crippen LogP contribution in [0.4, 0.5) is 0 Å². The number of hydrogen-bond acceptors (Lipinski definition) is 7. The zero-order valence-corrected chi connectivity index (χ0v) is 34.9.